The molecule has 0 saturated heterocycles. The second kappa shape index (κ2) is 9.90. The third-order valence-corrected chi connectivity index (χ3v) is 10.7. The Kier molecular flexibility index (Phi) is 5.51. The van der Waals surface area contributed by atoms with E-state index in [0.717, 1.165) is 11.1 Å². The molecule has 46 heavy (non-hydrogen) atoms. The zero-order valence-electron chi connectivity index (χ0n) is 24.8. The van der Waals surface area contributed by atoms with Gasteiger partial charge in [0.25, 0.3) is 0 Å². The smallest absolute Gasteiger partial charge is 0.135 e. The highest BCUT2D eigenvalue weighted by Gasteiger charge is 2.20. The van der Waals surface area contributed by atoms with Gasteiger partial charge < -0.3 is 4.42 Å². The van der Waals surface area contributed by atoms with Gasteiger partial charge in [-0.2, -0.15) is 0 Å². The number of thiophene rings is 1. The second-order valence-corrected chi connectivity index (χ2v) is 13.1. The highest BCUT2D eigenvalue weighted by atomic mass is 32.1. The van der Waals surface area contributed by atoms with Crippen LogP contribution in [0.5, 0.6) is 0 Å². The molecule has 0 radical (unpaired) electrons. The molecule has 1 nitrogen and oxygen atoms in total. The van der Waals surface area contributed by atoms with Gasteiger partial charge in [0.2, 0.25) is 0 Å². The Morgan fingerprint density at radius 3 is 1.80 bits per heavy atom. The summed E-state index contributed by atoms with van der Waals surface area (Å²) in [6, 6.07) is 55.2. The molecule has 0 bridgehead atoms. The summed E-state index contributed by atoms with van der Waals surface area (Å²) in [5.41, 5.74) is 8.34. The Labute approximate surface area is 269 Å². The number of rotatable bonds is 3. The van der Waals surface area contributed by atoms with Crippen molar-refractivity contribution in [1.82, 2.24) is 0 Å². The SMILES string of the molecule is c1ccc(-c2coc3ccc4sc5cc(-c6c7ccccc7c(-c7cccc8ccccc78)c7ccccc67)ccc5c4c23)cc1. The first-order valence-electron chi connectivity index (χ1n) is 15.7. The highest BCUT2D eigenvalue weighted by Crippen LogP contribution is 2.48. The maximum absolute atomic E-state index is 6.10. The molecule has 214 valence electrons. The summed E-state index contributed by atoms with van der Waals surface area (Å²) < 4.78 is 8.66. The van der Waals surface area contributed by atoms with Crippen LogP contribution < -0.4 is 0 Å². The third kappa shape index (κ3) is 3.68. The fraction of sp³-hybridized carbons (Fsp3) is 0. The molecule has 2 heteroatoms. The van der Waals surface area contributed by atoms with E-state index in [2.05, 4.69) is 152 Å². The number of furan rings is 1. The Hall–Kier alpha value is -5.70. The van der Waals surface area contributed by atoms with Crippen molar-refractivity contribution in [2.24, 2.45) is 0 Å². The molecule has 0 spiro atoms. The fourth-order valence-electron chi connectivity index (χ4n) is 7.55. The third-order valence-electron chi connectivity index (χ3n) is 9.54. The number of hydrogen-bond donors (Lipinski definition) is 0. The zero-order chi connectivity index (χ0) is 30.2. The largest absolute Gasteiger partial charge is 0.464 e. The molecule has 0 saturated carbocycles. The van der Waals surface area contributed by atoms with E-state index in [1.807, 2.05) is 17.6 Å². The first-order chi connectivity index (χ1) is 22.8. The Bertz CT molecular complexity index is 2740. The van der Waals surface area contributed by atoms with Crippen molar-refractivity contribution in [2.45, 2.75) is 0 Å². The lowest BCUT2D eigenvalue weighted by Crippen LogP contribution is -1.91. The quantitative estimate of drug-likeness (QED) is 0.183. The number of hydrogen-bond acceptors (Lipinski definition) is 2. The van der Waals surface area contributed by atoms with Crippen LogP contribution in [0.2, 0.25) is 0 Å². The van der Waals surface area contributed by atoms with Gasteiger partial charge in [0.15, 0.2) is 0 Å². The summed E-state index contributed by atoms with van der Waals surface area (Å²) in [5.74, 6) is 0. The molecule has 0 N–H and O–H groups in total. The molecule has 10 rings (SSSR count). The summed E-state index contributed by atoms with van der Waals surface area (Å²) in [6.07, 6.45) is 1.91. The molecule has 2 aromatic heterocycles. The van der Waals surface area contributed by atoms with Crippen LogP contribution >= 0.6 is 11.3 Å². The van der Waals surface area contributed by atoms with Crippen molar-refractivity contribution in [2.75, 3.05) is 0 Å². The number of benzene rings is 8. The van der Waals surface area contributed by atoms with Crippen LogP contribution in [0.25, 0.3) is 96.8 Å². The van der Waals surface area contributed by atoms with E-state index in [9.17, 15) is 0 Å². The molecule has 0 fully saturated rings. The molecule has 8 aromatic carbocycles. The van der Waals surface area contributed by atoms with Crippen molar-refractivity contribution in [1.29, 1.82) is 0 Å². The van der Waals surface area contributed by atoms with E-state index in [0.29, 0.717) is 0 Å². The fourth-order valence-corrected chi connectivity index (χ4v) is 8.71. The molecule has 10 aromatic rings. The van der Waals surface area contributed by atoms with Gasteiger partial charge in [0, 0.05) is 31.1 Å². The van der Waals surface area contributed by atoms with E-state index in [-0.39, 0.29) is 0 Å². The van der Waals surface area contributed by atoms with Crippen LogP contribution in [0.3, 0.4) is 0 Å². The van der Waals surface area contributed by atoms with E-state index in [4.69, 9.17) is 4.42 Å². The summed E-state index contributed by atoms with van der Waals surface area (Å²) in [6.45, 7) is 0. The average Bonchev–Trinajstić information content (AvgIpc) is 3.72. The average molecular weight is 603 g/mol. The Morgan fingerprint density at radius 2 is 1.04 bits per heavy atom. The first kappa shape index (κ1) is 25.6. The van der Waals surface area contributed by atoms with E-state index >= 15 is 0 Å². The van der Waals surface area contributed by atoms with Gasteiger partial charge in [-0.15, -0.1) is 11.3 Å². The molecule has 0 atom stereocenters. The minimum Gasteiger partial charge on any atom is -0.464 e. The highest BCUT2D eigenvalue weighted by molar-refractivity contribution is 7.26. The minimum absolute atomic E-state index is 0.927. The van der Waals surface area contributed by atoms with Gasteiger partial charge in [-0.3, -0.25) is 0 Å². The molecule has 0 amide bonds. The molecule has 0 aliphatic rings. The lowest BCUT2D eigenvalue weighted by molar-refractivity contribution is 0.617. The first-order valence-corrected chi connectivity index (χ1v) is 16.5. The molecule has 0 unspecified atom stereocenters. The van der Waals surface area contributed by atoms with Crippen LogP contribution in [-0.4, -0.2) is 0 Å². The van der Waals surface area contributed by atoms with Crippen LogP contribution in [0.4, 0.5) is 0 Å². The standard InChI is InChI=1S/C44H26OS/c1-2-11-28(12-3-1)37-26-45-38-23-24-39-44(43(37)38)36-22-21-29(25-40(36)46-39)41-32-16-6-8-18-34(32)42(35-19-9-7-17-33(35)41)31-20-10-14-27-13-4-5-15-30(27)31/h1-26H. The lowest BCUT2D eigenvalue weighted by atomic mass is 9.84. The van der Waals surface area contributed by atoms with E-state index in [1.54, 1.807) is 0 Å². The van der Waals surface area contributed by atoms with Crippen LogP contribution in [0.1, 0.15) is 0 Å². The maximum atomic E-state index is 6.10. The van der Waals surface area contributed by atoms with Gasteiger partial charge in [0.05, 0.1) is 6.26 Å². The minimum atomic E-state index is 0.927. The van der Waals surface area contributed by atoms with E-state index in [1.165, 1.54) is 85.7 Å². The van der Waals surface area contributed by atoms with Crippen LogP contribution in [0.15, 0.2) is 162 Å². The Morgan fingerprint density at radius 1 is 0.391 bits per heavy atom. The van der Waals surface area contributed by atoms with Gasteiger partial charge in [-0.05, 0) is 78.3 Å². The monoisotopic (exact) mass is 602 g/mol. The predicted molar refractivity (Wildman–Crippen MR) is 198 cm³/mol. The lowest BCUT2D eigenvalue weighted by Gasteiger charge is -2.18. The Balaban J connectivity index is 1.26. The summed E-state index contributed by atoms with van der Waals surface area (Å²) in [5, 5.41) is 11.4. The van der Waals surface area contributed by atoms with Crippen molar-refractivity contribution >= 4 is 74.8 Å². The zero-order valence-corrected chi connectivity index (χ0v) is 25.6. The normalized spacial score (nSPS) is 11.9. The van der Waals surface area contributed by atoms with Gasteiger partial charge >= 0.3 is 0 Å². The maximum Gasteiger partial charge on any atom is 0.135 e. The molecule has 0 aliphatic heterocycles. The molecule has 2 heterocycles. The summed E-state index contributed by atoms with van der Waals surface area (Å²) in [7, 11) is 0. The van der Waals surface area contributed by atoms with Crippen molar-refractivity contribution in [3.63, 3.8) is 0 Å². The van der Waals surface area contributed by atoms with Crippen molar-refractivity contribution < 1.29 is 4.42 Å². The molecular formula is C44H26OS. The van der Waals surface area contributed by atoms with Gasteiger partial charge in [-0.25, -0.2) is 0 Å². The van der Waals surface area contributed by atoms with Crippen LogP contribution in [0, 0.1) is 0 Å². The summed E-state index contributed by atoms with van der Waals surface area (Å²) >= 11 is 1.86. The van der Waals surface area contributed by atoms with Crippen LogP contribution in [-0.2, 0) is 0 Å². The molecule has 0 aliphatic carbocycles. The van der Waals surface area contributed by atoms with Gasteiger partial charge in [-0.1, -0.05) is 133 Å². The predicted octanol–water partition coefficient (Wildman–Crippen LogP) is 13.3. The van der Waals surface area contributed by atoms with Gasteiger partial charge in [0.1, 0.15) is 5.58 Å². The topological polar surface area (TPSA) is 13.1 Å². The number of fused-ring (bicyclic) bond motifs is 8. The molecular weight excluding hydrogens is 577 g/mol. The second-order valence-electron chi connectivity index (χ2n) is 12.0. The van der Waals surface area contributed by atoms with Crippen molar-refractivity contribution in [3.8, 4) is 33.4 Å². The summed E-state index contributed by atoms with van der Waals surface area (Å²) in [4.78, 5) is 0. The van der Waals surface area contributed by atoms with E-state index < -0.39 is 0 Å². The van der Waals surface area contributed by atoms with Crippen molar-refractivity contribution in [3.05, 3.63) is 158 Å².